The van der Waals surface area contributed by atoms with Crippen LogP contribution in [0.1, 0.15) is 31.9 Å². The van der Waals surface area contributed by atoms with Gasteiger partial charge in [-0.1, -0.05) is 6.07 Å². The van der Waals surface area contributed by atoms with Crippen LogP contribution < -0.4 is 5.56 Å². The molecule has 0 amide bonds. The van der Waals surface area contributed by atoms with Crippen molar-refractivity contribution >= 4 is 11.0 Å². The van der Waals surface area contributed by atoms with Crippen LogP contribution in [0.4, 0.5) is 4.39 Å². The summed E-state index contributed by atoms with van der Waals surface area (Å²) >= 11 is 0. The van der Waals surface area contributed by atoms with Crippen molar-refractivity contribution in [3.63, 3.8) is 0 Å². The zero-order chi connectivity index (χ0) is 17.5. The summed E-state index contributed by atoms with van der Waals surface area (Å²) in [5.41, 5.74) is 0.558. The average molecular weight is 325 g/mol. The van der Waals surface area contributed by atoms with Crippen LogP contribution in [0.5, 0.6) is 0 Å². The van der Waals surface area contributed by atoms with Crippen molar-refractivity contribution in [3.05, 3.63) is 58.0 Å². The molecule has 24 heavy (non-hydrogen) atoms. The van der Waals surface area contributed by atoms with Gasteiger partial charge in [0.15, 0.2) is 5.65 Å². The van der Waals surface area contributed by atoms with Gasteiger partial charge in [-0.15, -0.1) is 0 Å². The molecule has 0 bridgehead atoms. The van der Waals surface area contributed by atoms with E-state index in [2.05, 4.69) is 10.1 Å². The van der Waals surface area contributed by atoms with Crippen molar-refractivity contribution in [2.45, 2.75) is 32.9 Å². The Morgan fingerprint density at radius 2 is 2.08 bits per heavy atom. The quantitative estimate of drug-likeness (QED) is 0.725. The van der Waals surface area contributed by atoms with Crippen molar-refractivity contribution in [2.75, 3.05) is 0 Å². The van der Waals surface area contributed by atoms with Gasteiger partial charge in [0.25, 0.3) is 5.56 Å². The molecule has 0 unspecified atom stereocenters. The van der Waals surface area contributed by atoms with Crippen LogP contribution in [-0.4, -0.2) is 19.3 Å². The molecule has 0 aliphatic carbocycles. The number of nitriles is 1. The standard InChI is InChI=1S/C17H16FN5O/c1-17(2,3)23-15-13(8-21-23)16(24)22(10-20-15)9-11-4-5-12(7-19)14(18)6-11/h4-6,8,10H,9H2,1-3H3. The lowest BCUT2D eigenvalue weighted by Crippen LogP contribution is -2.25. The van der Waals surface area contributed by atoms with Gasteiger partial charge in [0, 0.05) is 0 Å². The number of rotatable bonds is 2. The lowest BCUT2D eigenvalue weighted by Gasteiger charge is -2.19. The average Bonchev–Trinajstić information content (AvgIpc) is 2.95. The first kappa shape index (κ1) is 15.9. The second-order valence-electron chi connectivity index (χ2n) is 6.57. The van der Waals surface area contributed by atoms with Gasteiger partial charge < -0.3 is 0 Å². The Hall–Kier alpha value is -3.01. The Kier molecular flexibility index (Phi) is 3.68. The van der Waals surface area contributed by atoms with Gasteiger partial charge in [0.1, 0.15) is 23.6 Å². The van der Waals surface area contributed by atoms with E-state index < -0.39 is 5.82 Å². The SMILES string of the molecule is CC(C)(C)n1ncc2c(=O)n(Cc3ccc(C#N)c(F)c3)cnc21. The van der Waals surface area contributed by atoms with Gasteiger partial charge in [-0.25, -0.2) is 14.1 Å². The molecule has 0 fully saturated rings. The van der Waals surface area contributed by atoms with E-state index in [-0.39, 0.29) is 23.2 Å². The van der Waals surface area contributed by atoms with E-state index in [0.29, 0.717) is 16.6 Å². The number of benzene rings is 1. The Morgan fingerprint density at radius 3 is 2.71 bits per heavy atom. The minimum Gasteiger partial charge on any atom is -0.294 e. The van der Waals surface area contributed by atoms with E-state index in [0.717, 1.165) is 0 Å². The fourth-order valence-electron chi connectivity index (χ4n) is 2.50. The monoisotopic (exact) mass is 325 g/mol. The molecular formula is C17H16FN5O. The first-order valence-electron chi connectivity index (χ1n) is 7.43. The molecule has 0 aliphatic heterocycles. The van der Waals surface area contributed by atoms with Gasteiger partial charge in [-0.3, -0.25) is 9.36 Å². The Balaban J connectivity index is 2.03. The third kappa shape index (κ3) is 2.67. The van der Waals surface area contributed by atoms with Gasteiger partial charge in [0.2, 0.25) is 0 Å². The molecule has 0 atom stereocenters. The number of hydrogen-bond donors (Lipinski definition) is 0. The normalized spacial score (nSPS) is 11.6. The maximum absolute atomic E-state index is 13.7. The maximum Gasteiger partial charge on any atom is 0.264 e. The summed E-state index contributed by atoms with van der Waals surface area (Å²) < 4.78 is 16.8. The largest absolute Gasteiger partial charge is 0.294 e. The molecule has 2 aromatic heterocycles. The van der Waals surface area contributed by atoms with Gasteiger partial charge in [0.05, 0.1) is 23.8 Å². The summed E-state index contributed by atoms with van der Waals surface area (Å²) in [6, 6.07) is 6.05. The molecule has 0 spiro atoms. The summed E-state index contributed by atoms with van der Waals surface area (Å²) in [4.78, 5) is 16.9. The van der Waals surface area contributed by atoms with Crippen molar-refractivity contribution in [1.29, 1.82) is 5.26 Å². The lowest BCUT2D eigenvalue weighted by molar-refractivity contribution is 0.365. The van der Waals surface area contributed by atoms with Crippen LogP contribution in [0.3, 0.4) is 0 Å². The lowest BCUT2D eigenvalue weighted by atomic mass is 10.1. The highest BCUT2D eigenvalue weighted by Gasteiger charge is 2.19. The first-order chi connectivity index (χ1) is 11.3. The predicted molar refractivity (Wildman–Crippen MR) is 87.0 cm³/mol. The van der Waals surface area contributed by atoms with Crippen LogP contribution in [-0.2, 0) is 12.1 Å². The number of halogens is 1. The predicted octanol–water partition coefficient (Wildman–Crippen LogP) is 2.41. The zero-order valence-corrected chi connectivity index (χ0v) is 13.6. The smallest absolute Gasteiger partial charge is 0.264 e. The molecule has 3 rings (SSSR count). The highest BCUT2D eigenvalue weighted by atomic mass is 19.1. The number of hydrogen-bond acceptors (Lipinski definition) is 4. The van der Waals surface area contributed by atoms with E-state index in [9.17, 15) is 9.18 Å². The molecule has 0 radical (unpaired) electrons. The molecule has 122 valence electrons. The summed E-state index contributed by atoms with van der Waals surface area (Å²) in [6.45, 7) is 6.11. The third-order valence-corrected chi connectivity index (χ3v) is 3.70. The van der Waals surface area contributed by atoms with Crippen LogP contribution in [0.15, 0.2) is 35.5 Å². The Labute approximate surface area is 137 Å². The molecular weight excluding hydrogens is 309 g/mol. The van der Waals surface area contributed by atoms with E-state index in [1.165, 1.54) is 29.2 Å². The second-order valence-corrected chi connectivity index (χ2v) is 6.57. The highest BCUT2D eigenvalue weighted by molar-refractivity contribution is 5.73. The molecule has 6 nitrogen and oxygen atoms in total. The van der Waals surface area contributed by atoms with Crippen molar-refractivity contribution < 1.29 is 4.39 Å². The van der Waals surface area contributed by atoms with Crippen LogP contribution in [0.25, 0.3) is 11.0 Å². The molecule has 0 aliphatic rings. The molecule has 1 aromatic carbocycles. The second kappa shape index (κ2) is 5.57. The Bertz CT molecular complexity index is 1020. The van der Waals surface area contributed by atoms with Crippen LogP contribution in [0.2, 0.25) is 0 Å². The first-order valence-corrected chi connectivity index (χ1v) is 7.43. The van der Waals surface area contributed by atoms with E-state index >= 15 is 0 Å². The van der Waals surface area contributed by atoms with Gasteiger partial charge in [-0.05, 0) is 38.5 Å². The Morgan fingerprint density at radius 1 is 1.33 bits per heavy atom. The number of nitrogens with zero attached hydrogens (tertiary/aromatic N) is 5. The molecule has 3 aromatic rings. The highest BCUT2D eigenvalue weighted by Crippen LogP contribution is 2.18. The summed E-state index contributed by atoms with van der Waals surface area (Å²) in [5.74, 6) is -0.599. The molecule has 0 saturated heterocycles. The topological polar surface area (TPSA) is 76.5 Å². The summed E-state index contributed by atoms with van der Waals surface area (Å²) in [5, 5.41) is 13.4. The maximum atomic E-state index is 13.7. The van der Waals surface area contributed by atoms with E-state index in [1.807, 2.05) is 20.8 Å². The van der Waals surface area contributed by atoms with Crippen molar-refractivity contribution in [2.24, 2.45) is 0 Å². The fraction of sp³-hybridized carbons (Fsp3) is 0.294. The summed E-state index contributed by atoms with van der Waals surface area (Å²) in [6.07, 6.45) is 2.94. The molecule has 0 saturated carbocycles. The van der Waals surface area contributed by atoms with Crippen molar-refractivity contribution in [1.82, 2.24) is 19.3 Å². The molecule has 7 heteroatoms. The van der Waals surface area contributed by atoms with E-state index in [4.69, 9.17) is 5.26 Å². The minimum atomic E-state index is -0.599. The number of fused-ring (bicyclic) bond motifs is 1. The fourth-order valence-corrected chi connectivity index (χ4v) is 2.50. The van der Waals surface area contributed by atoms with Crippen LogP contribution in [0, 0.1) is 17.1 Å². The zero-order valence-electron chi connectivity index (χ0n) is 13.6. The molecule has 0 N–H and O–H groups in total. The third-order valence-electron chi connectivity index (χ3n) is 3.70. The summed E-state index contributed by atoms with van der Waals surface area (Å²) in [7, 11) is 0. The van der Waals surface area contributed by atoms with Crippen LogP contribution >= 0.6 is 0 Å². The number of aromatic nitrogens is 4. The van der Waals surface area contributed by atoms with Crippen molar-refractivity contribution in [3.8, 4) is 6.07 Å². The van der Waals surface area contributed by atoms with Gasteiger partial charge in [-0.2, -0.15) is 10.4 Å². The van der Waals surface area contributed by atoms with E-state index in [1.54, 1.807) is 16.8 Å². The molecule has 2 heterocycles. The minimum absolute atomic E-state index is 0.0221. The van der Waals surface area contributed by atoms with Gasteiger partial charge >= 0.3 is 0 Å².